The number of ether oxygens (including phenoxy) is 1. The van der Waals surface area contributed by atoms with Gasteiger partial charge in [0.2, 0.25) is 0 Å². The maximum atomic E-state index is 12.4. The highest BCUT2D eigenvalue weighted by atomic mass is 19.4. The van der Waals surface area contributed by atoms with Crippen molar-refractivity contribution in [3.63, 3.8) is 0 Å². The molecule has 4 aliphatic carbocycles. The summed E-state index contributed by atoms with van der Waals surface area (Å²) in [5.41, 5.74) is -1.29. The zero-order valence-electron chi connectivity index (χ0n) is 11.1. The van der Waals surface area contributed by atoms with Crippen LogP contribution >= 0.6 is 0 Å². The van der Waals surface area contributed by atoms with Crippen LogP contribution in [0.15, 0.2) is 0 Å². The first-order valence-corrected chi connectivity index (χ1v) is 6.92. The van der Waals surface area contributed by atoms with Crippen molar-refractivity contribution in [1.82, 2.24) is 5.32 Å². The van der Waals surface area contributed by atoms with Crippen molar-refractivity contribution in [1.29, 1.82) is 0 Å². The Morgan fingerprint density at radius 2 is 2.05 bits per heavy atom. The standard InChI is InChI=1S/C13H18F3NO3/c1-17-9-7-2-6-3-8(9)10(12(19,4-6)5-7)20-11(18)13(14,15)16/h6-10,17,19H,2-5H2,1H3. The normalized spacial score (nSPS) is 46.5. The smallest absolute Gasteiger partial charge is 0.452 e. The van der Waals surface area contributed by atoms with Gasteiger partial charge in [-0.3, -0.25) is 0 Å². The molecule has 6 unspecified atom stereocenters. The highest BCUT2D eigenvalue weighted by molar-refractivity contribution is 5.76. The van der Waals surface area contributed by atoms with Crippen LogP contribution in [0.5, 0.6) is 0 Å². The molecule has 4 aliphatic rings. The fraction of sp³-hybridized carbons (Fsp3) is 0.923. The lowest BCUT2D eigenvalue weighted by molar-refractivity contribution is -0.251. The predicted molar refractivity (Wildman–Crippen MR) is 62.7 cm³/mol. The first-order valence-electron chi connectivity index (χ1n) is 6.92. The molecule has 0 aliphatic heterocycles. The quantitative estimate of drug-likeness (QED) is 0.752. The van der Waals surface area contributed by atoms with Crippen molar-refractivity contribution < 1.29 is 27.8 Å². The van der Waals surface area contributed by atoms with Gasteiger partial charge in [-0.05, 0) is 44.6 Å². The van der Waals surface area contributed by atoms with Gasteiger partial charge in [0.15, 0.2) is 0 Å². The number of carbonyl (C=O) groups excluding carboxylic acids is 1. The molecule has 4 fully saturated rings. The van der Waals surface area contributed by atoms with Crippen LogP contribution in [0.25, 0.3) is 0 Å². The molecule has 0 heterocycles. The molecular weight excluding hydrogens is 275 g/mol. The first kappa shape index (κ1) is 14.1. The second kappa shape index (κ2) is 4.34. The molecule has 7 heteroatoms. The van der Waals surface area contributed by atoms with Crippen LogP contribution in [0.4, 0.5) is 13.2 Å². The van der Waals surface area contributed by atoms with Crippen molar-refractivity contribution in [2.24, 2.45) is 17.8 Å². The van der Waals surface area contributed by atoms with E-state index < -0.39 is 23.9 Å². The second-order valence-corrected chi connectivity index (χ2v) is 6.41. The van der Waals surface area contributed by atoms with Gasteiger partial charge in [-0.2, -0.15) is 13.2 Å². The Labute approximate surface area is 114 Å². The molecule has 0 aromatic heterocycles. The number of hydrogen-bond donors (Lipinski definition) is 2. The van der Waals surface area contributed by atoms with E-state index >= 15 is 0 Å². The maximum absolute atomic E-state index is 12.4. The van der Waals surface area contributed by atoms with Gasteiger partial charge in [-0.15, -0.1) is 0 Å². The summed E-state index contributed by atoms with van der Waals surface area (Å²) in [6.45, 7) is 0. The molecule has 2 N–H and O–H groups in total. The molecule has 4 bridgehead atoms. The van der Waals surface area contributed by atoms with Crippen LogP contribution in [0.3, 0.4) is 0 Å². The Bertz CT molecular complexity index is 428. The third-order valence-electron chi connectivity index (χ3n) is 5.19. The van der Waals surface area contributed by atoms with Crippen LogP contribution in [-0.2, 0) is 9.53 Å². The van der Waals surface area contributed by atoms with Crippen molar-refractivity contribution in [3.05, 3.63) is 0 Å². The summed E-state index contributed by atoms with van der Waals surface area (Å²) in [6, 6.07) is 0.0119. The van der Waals surface area contributed by atoms with Crippen molar-refractivity contribution >= 4 is 5.97 Å². The highest BCUT2D eigenvalue weighted by Gasteiger charge is 2.62. The van der Waals surface area contributed by atoms with Gasteiger partial charge in [0, 0.05) is 12.0 Å². The summed E-state index contributed by atoms with van der Waals surface area (Å²) in [5.74, 6) is -1.85. The van der Waals surface area contributed by atoms with Gasteiger partial charge < -0.3 is 15.2 Å². The zero-order valence-corrected chi connectivity index (χ0v) is 11.1. The van der Waals surface area contributed by atoms with Gasteiger partial charge in [0.1, 0.15) is 11.7 Å². The largest absolute Gasteiger partial charge is 0.490 e. The number of hydrogen-bond acceptors (Lipinski definition) is 4. The Morgan fingerprint density at radius 1 is 1.35 bits per heavy atom. The summed E-state index contributed by atoms with van der Waals surface area (Å²) < 4.78 is 41.9. The van der Waals surface area contributed by atoms with Gasteiger partial charge in [-0.25, -0.2) is 4.79 Å². The van der Waals surface area contributed by atoms with E-state index in [1.165, 1.54) is 0 Å². The Balaban J connectivity index is 1.84. The van der Waals surface area contributed by atoms with Crippen LogP contribution in [0, 0.1) is 17.8 Å². The molecule has 0 amide bonds. The van der Waals surface area contributed by atoms with Gasteiger partial charge in [-0.1, -0.05) is 0 Å². The topological polar surface area (TPSA) is 58.6 Å². The van der Waals surface area contributed by atoms with E-state index in [1.807, 2.05) is 0 Å². The lowest BCUT2D eigenvalue weighted by Gasteiger charge is -2.61. The first-order chi connectivity index (χ1) is 9.24. The van der Waals surface area contributed by atoms with Crippen LogP contribution in [-0.4, -0.2) is 42.0 Å². The van der Waals surface area contributed by atoms with Crippen LogP contribution in [0.2, 0.25) is 0 Å². The average molecular weight is 293 g/mol. The Hall–Kier alpha value is -0.820. The van der Waals surface area contributed by atoms with Gasteiger partial charge in [0.25, 0.3) is 0 Å². The second-order valence-electron chi connectivity index (χ2n) is 6.41. The third kappa shape index (κ3) is 2.02. The molecule has 20 heavy (non-hydrogen) atoms. The van der Waals surface area contributed by atoms with Crippen LogP contribution in [0.1, 0.15) is 25.7 Å². The monoisotopic (exact) mass is 293 g/mol. The van der Waals surface area contributed by atoms with E-state index in [4.69, 9.17) is 0 Å². The zero-order chi connectivity index (χ0) is 14.7. The third-order valence-corrected chi connectivity index (χ3v) is 5.19. The average Bonchev–Trinajstić information content (AvgIpc) is 2.31. The summed E-state index contributed by atoms with van der Waals surface area (Å²) in [5, 5.41) is 13.7. The minimum atomic E-state index is -5.01. The predicted octanol–water partition coefficient (Wildman–Crippen LogP) is 1.23. The molecular formula is C13H18F3NO3. The molecule has 0 aromatic rings. The molecule has 0 spiro atoms. The van der Waals surface area contributed by atoms with Crippen molar-refractivity contribution in [2.75, 3.05) is 7.05 Å². The minimum absolute atomic E-state index is 0.0119. The number of esters is 1. The molecule has 0 aromatic carbocycles. The molecule has 4 nitrogen and oxygen atoms in total. The fourth-order valence-corrected chi connectivity index (χ4v) is 4.74. The van der Waals surface area contributed by atoms with E-state index in [9.17, 15) is 23.1 Å². The summed E-state index contributed by atoms with van der Waals surface area (Å²) >= 11 is 0. The van der Waals surface area contributed by atoms with E-state index in [0.717, 1.165) is 6.42 Å². The molecule has 0 radical (unpaired) electrons. The maximum Gasteiger partial charge on any atom is 0.490 e. The Kier molecular flexibility index (Phi) is 3.06. The fourth-order valence-electron chi connectivity index (χ4n) is 4.74. The molecule has 6 atom stereocenters. The van der Waals surface area contributed by atoms with E-state index in [2.05, 4.69) is 10.1 Å². The van der Waals surface area contributed by atoms with Gasteiger partial charge in [0.05, 0.1) is 0 Å². The molecule has 4 rings (SSSR count). The van der Waals surface area contributed by atoms with Gasteiger partial charge >= 0.3 is 12.1 Å². The van der Waals surface area contributed by atoms with Crippen molar-refractivity contribution in [3.8, 4) is 0 Å². The number of rotatable bonds is 2. The number of nitrogens with one attached hydrogen (secondary N) is 1. The van der Waals surface area contributed by atoms with E-state index in [1.54, 1.807) is 7.05 Å². The number of halogens is 3. The molecule has 0 saturated heterocycles. The molecule has 114 valence electrons. The van der Waals surface area contributed by atoms with E-state index in [0.29, 0.717) is 25.2 Å². The number of carbonyl (C=O) groups is 1. The summed E-state index contributed by atoms with van der Waals surface area (Å²) in [4.78, 5) is 11.1. The number of aliphatic hydroxyl groups is 1. The lowest BCUT2D eigenvalue weighted by Crippen LogP contribution is -2.69. The minimum Gasteiger partial charge on any atom is -0.452 e. The summed E-state index contributed by atoms with van der Waals surface area (Å²) in [6.07, 6.45) is -3.53. The molecule has 4 saturated carbocycles. The highest BCUT2D eigenvalue weighted by Crippen LogP contribution is 2.56. The van der Waals surface area contributed by atoms with E-state index in [-0.39, 0.29) is 17.9 Å². The SMILES string of the molecule is CNC1C2CC3CC1C(OC(=O)C(F)(F)F)C(O)(C3)C2. The Morgan fingerprint density at radius 3 is 2.65 bits per heavy atom. The van der Waals surface area contributed by atoms with Crippen molar-refractivity contribution in [2.45, 2.75) is 49.6 Å². The van der Waals surface area contributed by atoms with Crippen LogP contribution < -0.4 is 5.32 Å². The number of alkyl halides is 3. The summed E-state index contributed by atoms with van der Waals surface area (Å²) in [7, 11) is 1.76. The lowest BCUT2D eigenvalue weighted by atomic mass is 9.51.